The molecule has 1 aromatic rings. The van der Waals surface area contributed by atoms with E-state index < -0.39 is 21.8 Å². The first-order chi connectivity index (χ1) is 10.5. The molecule has 1 unspecified atom stereocenters. The summed E-state index contributed by atoms with van der Waals surface area (Å²) in [6.45, 7) is 0.693. The van der Waals surface area contributed by atoms with Crippen LogP contribution in [0.3, 0.4) is 0 Å². The summed E-state index contributed by atoms with van der Waals surface area (Å²) in [6, 6.07) is 1.33. The summed E-state index contributed by atoms with van der Waals surface area (Å²) in [6.07, 6.45) is 6.34. The summed E-state index contributed by atoms with van der Waals surface area (Å²) in [7, 11) is -3.26. The van der Waals surface area contributed by atoms with E-state index in [0.29, 0.717) is 12.6 Å². The monoisotopic (exact) mass is 327 g/mol. The van der Waals surface area contributed by atoms with Gasteiger partial charge in [0.2, 0.25) is 0 Å². The van der Waals surface area contributed by atoms with Gasteiger partial charge in [-0.2, -0.15) is 5.10 Å². The summed E-state index contributed by atoms with van der Waals surface area (Å²) >= 11 is 0. The molecule has 2 aliphatic rings. The summed E-state index contributed by atoms with van der Waals surface area (Å²) in [5, 5.41) is 13.7. The van der Waals surface area contributed by atoms with Gasteiger partial charge in [0.25, 0.3) is 0 Å². The second kappa shape index (κ2) is 6.00. The van der Waals surface area contributed by atoms with Crippen LogP contribution in [-0.2, 0) is 21.2 Å². The van der Waals surface area contributed by atoms with E-state index in [-0.39, 0.29) is 18.1 Å². The Hall–Kier alpha value is -1.41. The summed E-state index contributed by atoms with van der Waals surface area (Å²) in [5.41, 5.74) is 0.970. The largest absolute Gasteiger partial charge is 0.480 e. The van der Waals surface area contributed by atoms with Crippen LogP contribution in [0.1, 0.15) is 37.4 Å². The number of sulfone groups is 1. The van der Waals surface area contributed by atoms with Crippen molar-refractivity contribution in [2.24, 2.45) is 0 Å². The normalized spacial score (nSPS) is 26.3. The summed E-state index contributed by atoms with van der Waals surface area (Å²) < 4.78 is 25.4. The fourth-order valence-corrected chi connectivity index (χ4v) is 4.92. The number of carboxylic acids is 1. The van der Waals surface area contributed by atoms with Gasteiger partial charge in [0.05, 0.1) is 23.2 Å². The molecule has 0 aromatic carbocycles. The fraction of sp³-hybridized carbons (Fsp3) is 0.714. The van der Waals surface area contributed by atoms with Crippen molar-refractivity contribution in [2.45, 2.75) is 44.3 Å². The first kappa shape index (κ1) is 15.5. The van der Waals surface area contributed by atoms with Crippen LogP contribution in [0, 0.1) is 0 Å². The molecule has 0 spiro atoms. The molecule has 1 saturated carbocycles. The lowest BCUT2D eigenvalue weighted by Crippen LogP contribution is -2.52. The highest BCUT2D eigenvalue weighted by atomic mass is 32.2. The van der Waals surface area contributed by atoms with Crippen molar-refractivity contribution in [3.8, 4) is 0 Å². The molecule has 3 rings (SSSR count). The van der Waals surface area contributed by atoms with Crippen molar-refractivity contribution < 1.29 is 18.3 Å². The number of nitrogens with zero attached hydrogens (tertiary/aromatic N) is 3. The van der Waals surface area contributed by atoms with Crippen molar-refractivity contribution in [1.82, 2.24) is 14.7 Å². The molecule has 1 N–H and O–H groups in total. The van der Waals surface area contributed by atoms with Crippen LogP contribution in [0.25, 0.3) is 0 Å². The number of hydrogen-bond acceptors (Lipinski definition) is 5. The van der Waals surface area contributed by atoms with E-state index in [2.05, 4.69) is 5.10 Å². The van der Waals surface area contributed by atoms with Crippen LogP contribution in [0.5, 0.6) is 0 Å². The van der Waals surface area contributed by atoms with Gasteiger partial charge in [0, 0.05) is 19.3 Å². The van der Waals surface area contributed by atoms with Crippen LogP contribution in [-0.4, -0.2) is 58.3 Å². The zero-order valence-corrected chi connectivity index (χ0v) is 13.2. The minimum absolute atomic E-state index is 0.0222. The molecule has 122 valence electrons. The number of hydrogen-bond donors (Lipinski definition) is 1. The molecule has 0 radical (unpaired) electrons. The van der Waals surface area contributed by atoms with Gasteiger partial charge >= 0.3 is 5.97 Å². The minimum Gasteiger partial charge on any atom is -0.480 e. The lowest BCUT2D eigenvalue weighted by molar-refractivity contribution is -0.142. The molecular formula is C14H21N3O4S. The maximum atomic E-state index is 11.7. The van der Waals surface area contributed by atoms with Crippen LogP contribution in [0.15, 0.2) is 12.3 Å². The van der Waals surface area contributed by atoms with Gasteiger partial charge < -0.3 is 5.11 Å². The molecule has 1 aromatic heterocycles. The van der Waals surface area contributed by atoms with Gasteiger partial charge in [-0.15, -0.1) is 0 Å². The van der Waals surface area contributed by atoms with Gasteiger partial charge in [0.1, 0.15) is 6.04 Å². The maximum Gasteiger partial charge on any atom is 0.321 e. The number of carboxylic acid groups (broad SMARTS) is 1. The third kappa shape index (κ3) is 3.17. The van der Waals surface area contributed by atoms with E-state index in [4.69, 9.17) is 0 Å². The zero-order valence-electron chi connectivity index (χ0n) is 12.4. The lowest BCUT2D eigenvalue weighted by Gasteiger charge is -2.32. The highest BCUT2D eigenvalue weighted by Gasteiger charge is 2.36. The molecule has 8 heteroatoms. The van der Waals surface area contributed by atoms with Crippen molar-refractivity contribution in [3.05, 3.63) is 18.0 Å². The third-order valence-electron chi connectivity index (χ3n) is 4.62. The van der Waals surface area contributed by atoms with E-state index in [1.165, 1.54) is 12.8 Å². The van der Waals surface area contributed by atoms with Gasteiger partial charge in [-0.05, 0) is 18.9 Å². The SMILES string of the molecule is O=C(O)C1CS(=O)(=O)CCN1Cc1ccnn1C1CCCC1. The molecule has 1 aliphatic carbocycles. The minimum atomic E-state index is -3.26. The van der Waals surface area contributed by atoms with Crippen LogP contribution < -0.4 is 0 Å². The highest BCUT2D eigenvalue weighted by molar-refractivity contribution is 7.91. The molecule has 1 saturated heterocycles. The predicted molar refractivity (Wildman–Crippen MR) is 80.2 cm³/mol. The van der Waals surface area contributed by atoms with E-state index in [0.717, 1.165) is 18.5 Å². The fourth-order valence-electron chi connectivity index (χ4n) is 3.41. The number of aliphatic carboxylic acids is 1. The quantitative estimate of drug-likeness (QED) is 0.874. The van der Waals surface area contributed by atoms with Crippen LogP contribution in [0.4, 0.5) is 0 Å². The molecule has 1 atom stereocenters. The van der Waals surface area contributed by atoms with Gasteiger partial charge in [-0.1, -0.05) is 12.8 Å². The Morgan fingerprint density at radius 2 is 2.09 bits per heavy atom. The van der Waals surface area contributed by atoms with E-state index in [1.54, 1.807) is 11.1 Å². The van der Waals surface area contributed by atoms with Crippen molar-refractivity contribution in [1.29, 1.82) is 0 Å². The smallest absolute Gasteiger partial charge is 0.321 e. The lowest BCUT2D eigenvalue weighted by atomic mass is 10.2. The molecule has 7 nitrogen and oxygen atoms in total. The first-order valence-electron chi connectivity index (χ1n) is 7.66. The Kier molecular flexibility index (Phi) is 4.22. The Labute approximate surface area is 129 Å². The Balaban J connectivity index is 1.77. The standard InChI is InChI=1S/C14H21N3O4S/c18-14(19)13-10-22(20,21)8-7-16(13)9-12-5-6-15-17(12)11-3-1-2-4-11/h5-6,11,13H,1-4,7-10H2,(H,18,19). The van der Waals surface area contributed by atoms with Crippen LogP contribution >= 0.6 is 0 Å². The molecule has 22 heavy (non-hydrogen) atoms. The number of carbonyl (C=O) groups is 1. The number of aromatic nitrogens is 2. The average molecular weight is 327 g/mol. The maximum absolute atomic E-state index is 11.7. The Morgan fingerprint density at radius 1 is 1.36 bits per heavy atom. The predicted octanol–water partition coefficient (Wildman–Crippen LogP) is 0.682. The van der Waals surface area contributed by atoms with E-state index in [9.17, 15) is 18.3 Å². The molecular weight excluding hydrogens is 306 g/mol. The van der Waals surface area contributed by atoms with E-state index >= 15 is 0 Å². The summed E-state index contributed by atoms with van der Waals surface area (Å²) in [5.74, 6) is -1.36. The highest BCUT2D eigenvalue weighted by Crippen LogP contribution is 2.30. The molecule has 0 amide bonds. The number of rotatable bonds is 4. The third-order valence-corrected chi connectivity index (χ3v) is 6.24. The van der Waals surface area contributed by atoms with E-state index in [1.807, 2.05) is 10.7 Å². The summed E-state index contributed by atoms with van der Waals surface area (Å²) in [4.78, 5) is 13.1. The van der Waals surface area contributed by atoms with Gasteiger partial charge in [-0.3, -0.25) is 14.4 Å². The zero-order chi connectivity index (χ0) is 15.7. The molecule has 0 bridgehead atoms. The molecule has 2 heterocycles. The topological polar surface area (TPSA) is 92.5 Å². The van der Waals surface area contributed by atoms with Gasteiger partial charge in [-0.25, -0.2) is 8.42 Å². The molecule has 2 fully saturated rings. The second-order valence-electron chi connectivity index (χ2n) is 6.14. The average Bonchev–Trinajstić information content (AvgIpc) is 3.10. The van der Waals surface area contributed by atoms with Crippen molar-refractivity contribution >= 4 is 15.8 Å². The first-order valence-corrected chi connectivity index (χ1v) is 9.48. The second-order valence-corrected chi connectivity index (χ2v) is 8.37. The Bertz CT molecular complexity index is 649. The van der Waals surface area contributed by atoms with Crippen LogP contribution in [0.2, 0.25) is 0 Å². The molecule has 1 aliphatic heterocycles. The van der Waals surface area contributed by atoms with Crippen molar-refractivity contribution in [2.75, 3.05) is 18.1 Å². The van der Waals surface area contributed by atoms with Crippen molar-refractivity contribution in [3.63, 3.8) is 0 Å². The van der Waals surface area contributed by atoms with Gasteiger partial charge in [0.15, 0.2) is 9.84 Å². The Morgan fingerprint density at radius 3 is 2.77 bits per heavy atom.